The molecular weight excluding hydrogens is 212 g/mol. The lowest BCUT2D eigenvalue weighted by atomic mass is 9.80. The van der Waals surface area contributed by atoms with Crippen LogP contribution in [0.2, 0.25) is 0 Å². The summed E-state index contributed by atoms with van der Waals surface area (Å²) in [5.74, 6) is 5.53. The maximum absolute atomic E-state index is 12.1. The quantitative estimate of drug-likeness (QED) is 0.544. The Morgan fingerprint density at radius 3 is 2.29 bits per heavy atom. The average molecular weight is 234 g/mol. The van der Waals surface area contributed by atoms with Crippen molar-refractivity contribution in [3.8, 4) is 17.9 Å². The van der Waals surface area contributed by atoms with Gasteiger partial charge in [0.15, 0.2) is 0 Å². The number of nitriles is 1. The summed E-state index contributed by atoms with van der Waals surface area (Å²) in [6.07, 6.45) is 3.58. The van der Waals surface area contributed by atoms with E-state index < -0.39 is 5.41 Å². The van der Waals surface area contributed by atoms with Gasteiger partial charge in [0.05, 0.1) is 6.07 Å². The molecule has 0 aliphatic heterocycles. The van der Waals surface area contributed by atoms with Gasteiger partial charge in [0.1, 0.15) is 5.41 Å². The molecule has 3 nitrogen and oxygen atoms in total. The molecule has 1 N–H and O–H groups in total. The molecule has 0 aromatic carbocycles. The Balaban J connectivity index is 4.50. The number of carbonyl (C=O) groups excluding carboxylic acids is 1. The van der Waals surface area contributed by atoms with E-state index in [1.54, 1.807) is 6.92 Å². The van der Waals surface area contributed by atoms with Crippen molar-refractivity contribution >= 4 is 5.91 Å². The van der Waals surface area contributed by atoms with Crippen molar-refractivity contribution in [1.29, 1.82) is 5.26 Å². The number of nitrogens with zero attached hydrogens (tertiary/aromatic N) is 1. The molecule has 0 saturated heterocycles. The molecule has 0 heterocycles. The normalized spacial score (nSPS) is 10.0. The number of hydrogen-bond donors (Lipinski definition) is 1. The highest BCUT2D eigenvalue weighted by Crippen LogP contribution is 2.29. The van der Waals surface area contributed by atoms with Gasteiger partial charge in [-0.2, -0.15) is 5.26 Å². The zero-order valence-electron chi connectivity index (χ0n) is 11.1. The molecular formula is C14H22N2O. The number of amides is 1. The molecule has 0 rings (SSSR count). The van der Waals surface area contributed by atoms with Crippen molar-refractivity contribution in [2.24, 2.45) is 5.41 Å². The van der Waals surface area contributed by atoms with Crippen LogP contribution in [0.25, 0.3) is 0 Å². The minimum absolute atomic E-state index is 0.137. The SMILES string of the molecule is CC#CCCNC(=O)C(C#N)(CCC)CCC. The van der Waals surface area contributed by atoms with E-state index in [-0.39, 0.29) is 5.91 Å². The van der Waals surface area contributed by atoms with E-state index in [1.807, 2.05) is 13.8 Å². The van der Waals surface area contributed by atoms with Gasteiger partial charge in [0, 0.05) is 13.0 Å². The van der Waals surface area contributed by atoms with Crippen LogP contribution in [0.1, 0.15) is 52.9 Å². The Kier molecular flexibility index (Phi) is 7.89. The number of carbonyl (C=O) groups is 1. The fraction of sp³-hybridized carbons (Fsp3) is 0.714. The molecule has 0 aromatic heterocycles. The number of hydrogen-bond acceptors (Lipinski definition) is 2. The first-order chi connectivity index (χ1) is 8.16. The summed E-state index contributed by atoms with van der Waals surface area (Å²) in [6.45, 7) is 6.29. The van der Waals surface area contributed by atoms with E-state index in [1.165, 1.54) is 0 Å². The van der Waals surface area contributed by atoms with Crippen LogP contribution in [0.4, 0.5) is 0 Å². The molecule has 0 unspecified atom stereocenters. The molecule has 0 spiro atoms. The Labute approximate surface area is 105 Å². The highest BCUT2D eigenvalue weighted by Gasteiger charge is 2.36. The lowest BCUT2D eigenvalue weighted by Gasteiger charge is -2.24. The Bertz CT molecular complexity index is 324. The maximum Gasteiger partial charge on any atom is 0.240 e. The van der Waals surface area contributed by atoms with Crippen molar-refractivity contribution in [2.45, 2.75) is 52.9 Å². The van der Waals surface area contributed by atoms with Gasteiger partial charge in [-0.15, -0.1) is 11.8 Å². The zero-order chi connectivity index (χ0) is 13.1. The molecule has 1 amide bonds. The van der Waals surface area contributed by atoms with Crippen LogP contribution in [0, 0.1) is 28.6 Å². The second-order valence-electron chi connectivity index (χ2n) is 4.13. The summed E-state index contributed by atoms with van der Waals surface area (Å²) in [5, 5.41) is 12.1. The van der Waals surface area contributed by atoms with E-state index >= 15 is 0 Å². The van der Waals surface area contributed by atoms with E-state index in [0.29, 0.717) is 25.8 Å². The third kappa shape index (κ3) is 4.91. The molecule has 0 bridgehead atoms. The summed E-state index contributed by atoms with van der Waals surface area (Å²) in [6, 6.07) is 2.21. The summed E-state index contributed by atoms with van der Waals surface area (Å²) >= 11 is 0. The van der Waals surface area contributed by atoms with E-state index in [2.05, 4.69) is 23.2 Å². The fourth-order valence-corrected chi connectivity index (χ4v) is 1.90. The zero-order valence-corrected chi connectivity index (χ0v) is 11.1. The first kappa shape index (κ1) is 15.5. The Morgan fingerprint density at radius 1 is 1.29 bits per heavy atom. The van der Waals surface area contributed by atoms with Crippen LogP contribution in [-0.2, 0) is 4.79 Å². The Morgan fingerprint density at radius 2 is 1.88 bits per heavy atom. The molecule has 0 saturated carbocycles. The van der Waals surface area contributed by atoms with Gasteiger partial charge in [-0.1, -0.05) is 26.7 Å². The largest absolute Gasteiger partial charge is 0.354 e. The molecule has 0 aliphatic carbocycles. The molecule has 17 heavy (non-hydrogen) atoms. The molecule has 94 valence electrons. The van der Waals surface area contributed by atoms with Gasteiger partial charge in [0.25, 0.3) is 0 Å². The van der Waals surface area contributed by atoms with E-state index in [4.69, 9.17) is 0 Å². The molecule has 0 fully saturated rings. The first-order valence-corrected chi connectivity index (χ1v) is 6.26. The molecule has 0 radical (unpaired) electrons. The second kappa shape index (κ2) is 8.65. The lowest BCUT2D eigenvalue weighted by molar-refractivity contribution is -0.128. The van der Waals surface area contributed by atoms with Crippen LogP contribution in [0.3, 0.4) is 0 Å². The second-order valence-corrected chi connectivity index (χ2v) is 4.13. The molecule has 0 atom stereocenters. The predicted molar refractivity (Wildman–Crippen MR) is 68.9 cm³/mol. The van der Waals surface area contributed by atoms with Gasteiger partial charge in [-0.3, -0.25) is 4.79 Å². The van der Waals surface area contributed by atoms with Crippen molar-refractivity contribution < 1.29 is 4.79 Å². The average Bonchev–Trinajstić information content (AvgIpc) is 2.34. The summed E-state index contributed by atoms with van der Waals surface area (Å²) in [5.41, 5.74) is -0.844. The molecule has 0 aromatic rings. The van der Waals surface area contributed by atoms with Crippen LogP contribution in [-0.4, -0.2) is 12.5 Å². The van der Waals surface area contributed by atoms with E-state index in [0.717, 1.165) is 12.8 Å². The van der Waals surface area contributed by atoms with Crippen molar-refractivity contribution in [3.05, 3.63) is 0 Å². The summed E-state index contributed by atoms with van der Waals surface area (Å²) < 4.78 is 0. The fourth-order valence-electron chi connectivity index (χ4n) is 1.90. The molecule has 3 heteroatoms. The maximum atomic E-state index is 12.1. The van der Waals surface area contributed by atoms with Gasteiger partial charge in [-0.05, 0) is 19.8 Å². The van der Waals surface area contributed by atoms with Crippen LogP contribution in [0.5, 0.6) is 0 Å². The van der Waals surface area contributed by atoms with Crippen LogP contribution in [0.15, 0.2) is 0 Å². The van der Waals surface area contributed by atoms with Gasteiger partial charge in [0.2, 0.25) is 5.91 Å². The van der Waals surface area contributed by atoms with Gasteiger partial charge < -0.3 is 5.32 Å². The van der Waals surface area contributed by atoms with Crippen LogP contribution < -0.4 is 5.32 Å². The van der Waals surface area contributed by atoms with Crippen molar-refractivity contribution in [1.82, 2.24) is 5.32 Å². The first-order valence-electron chi connectivity index (χ1n) is 6.26. The smallest absolute Gasteiger partial charge is 0.240 e. The third-order valence-electron chi connectivity index (χ3n) is 2.71. The summed E-state index contributed by atoms with van der Waals surface area (Å²) in [4.78, 5) is 12.1. The highest BCUT2D eigenvalue weighted by molar-refractivity contribution is 5.85. The Hall–Kier alpha value is -1.48. The number of nitrogens with one attached hydrogen (secondary N) is 1. The predicted octanol–water partition coefficient (Wildman–Crippen LogP) is 2.63. The third-order valence-corrected chi connectivity index (χ3v) is 2.71. The highest BCUT2D eigenvalue weighted by atomic mass is 16.2. The minimum atomic E-state index is -0.844. The standard InChI is InChI=1S/C14H22N2O/c1-4-7-8-11-16-13(17)14(12-15,9-5-2)10-6-3/h5-6,8-11H2,1-3H3,(H,16,17). The summed E-state index contributed by atoms with van der Waals surface area (Å²) in [7, 11) is 0. The van der Waals surface area contributed by atoms with Crippen molar-refractivity contribution in [3.63, 3.8) is 0 Å². The van der Waals surface area contributed by atoms with Gasteiger partial charge >= 0.3 is 0 Å². The monoisotopic (exact) mass is 234 g/mol. The van der Waals surface area contributed by atoms with Crippen molar-refractivity contribution in [2.75, 3.05) is 6.54 Å². The molecule has 0 aliphatic rings. The van der Waals surface area contributed by atoms with Gasteiger partial charge in [-0.25, -0.2) is 0 Å². The minimum Gasteiger partial charge on any atom is -0.354 e. The lowest BCUT2D eigenvalue weighted by Crippen LogP contribution is -2.40. The van der Waals surface area contributed by atoms with E-state index in [9.17, 15) is 10.1 Å². The number of rotatable bonds is 7. The van der Waals surface area contributed by atoms with Crippen LogP contribution >= 0.6 is 0 Å². The topological polar surface area (TPSA) is 52.9 Å².